The van der Waals surface area contributed by atoms with Gasteiger partial charge >= 0.3 is 6.03 Å². The normalized spacial score (nSPS) is 16.1. The summed E-state index contributed by atoms with van der Waals surface area (Å²) < 4.78 is 25.9. The van der Waals surface area contributed by atoms with Gasteiger partial charge in [-0.2, -0.15) is 0 Å². The smallest absolute Gasteiger partial charge is 0.274 e. The van der Waals surface area contributed by atoms with Crippen LogP contribution in [0.2, 0.25) is 5.02 Å². The van der Waals surface area contributed by atoms with Crippen molar-refractivity contribution in [2.45, 2.75) is 24.2 Å². The third kappa shape index (κ3) is 3.29. The highest BCUT2D eigenvalue weighted by Crippen LogP contribution is 2.15. The Morgan fingerprint density at radius 2 is 1.85 bits per heavy atom. The van der Waals surface area contributed by atoms with Crippen LogP contribution in [0.1, 0.15) is 19.3 Å². The van der Waals surface area contributed by atoms with Gasteiger partial charge in [0, 0.05) is 18.0 Å². The first-order chi connectivity index (χ1) is 9.40. The average molecular weight is 317 g/mol. The summed E-state index contributed by atoms with van der Waals surface area (Å²) in [5.74, 6) is -0.361. The number of rotatable bonds is 2. The largest absolute Gasteiger partial charge is 0.337 e. The van der Waals surface area contributed by atoms with Gasteiger partial charge in [0.2, 0.25) is 5.91 Å². The lowest BCUT2D eigenvalue weighted by molar-refractivity contribution is -0.129. The zero-order chi connectivity index (χ0) is 14.8. The number of hydrogen-bond donors (Lipinski definition) is 1. The Morgan fingerprint density at radius 1 is 1.20 bits per heavy atom. The van der Waals surface area contributed by atoms with Crippen LogP contribution >= 0.6 is 11.6 Å². The summed E-state index contributed by atoms with van der Waals surface area (Å²) in [6, 6.07) is 4.48. The summed E-state index contributed by atoms with van der Waals surface area (Å²) in [6.45, 7) is 0.237. The van der Waals surface area contributed by atoms with E-state index in [-0.39, 0.29) is 23.8 Å². The van der Waals surface area contributed by atoms with Gasteiger partial charge in [-0.3, -0.25) is 9.69 Å². The monoisotopic (exact) mass is 316 g/mol. The van der Waals surface area contributed by atoms with Crippen molar-refractivity contribution in [3.8, 4) is 0 Å². The molecule has 1 saturated heterocycles. The molecule has 1 aromatic rings. The Labute approximate surface area is 121 Å². The number of urea groups is 1. The van der Waals surface area contributed by atoms with Crippen molar-refractivity contribution in [3.05, 3.63) is 29.3 Å². The Balaban J connectivity index is 2.13. The molecule has 0 atom stereocenters. The van der Waals surface area contributed by atoms with E-state index >= 15 is 0 Å². The minimum Gasteiger partial charge on any atom is -0.274 e. The molecule has 0 bridgehead atoms. The fourth-order valence-electron chi connectivity index (χ4n) is 1.86. The number of carbonyl (C=O) groups is 2. The molecule has 1 aromatic carbocycles. The highest BCUT2D eigenvalue weighted by atomic mass is 35.5. The summed E-state index contributed by atoms with van der Waals surface area (Å²) >= 11 is 5.67. The summed E-state index contributed by atoms with van der Waals surface area (Å²) in [5, 5.41) is 0.390. The van der Waals surface area contributed by atoms with Crippen LogP contribution in [0.5, 0.6) is 0 Å². The first-order valence-corrected chi connectivity index (χ1v) is 7.89. The molecule has 1 aliphatic rings. The van der Waals surface area contributed by atoms with Crippen molar-refractivity contribution in [2.75, 3.05) is 6.54 Å². The van der Waals surface area contributed by atoms with E-state index in [1.54, 1.807) is 0 Å². The molecular weight excluding hydrogens is 304 g/mol. The predicted molar refractivity (Wildman–Crippen MR) is 72.7 cm³/mol. The highest BCUT2D eigenvalue weighted by molar-refractivity contribution is 7.90. The number of amides is 3. The van der Waals surface area contributed by atoms with Crippen LogP contribution in [0, 0.1) is 0 Å². The number of halogens is 1. The van der Waals surface area contributed by atoms with E-state index in [1.165, 1.54) is 24.3 Å². The van der Waals surface area contributed by atoms with Crippen LogP contribution < -0.4 is 4.72 Å². The SMILES string of the molecule is O=C1CCCCN1C(=O)NS(=O)(=O)c1ccc(Cl)cc1. The number of benzene rings is 1. The van der Waals surface area contributed by atoms with Crippen LogP contribution in [-0.2, 0) is 14.8 Å². The molecule has 3 amide bonds. The van der Waals surface area contributed by atoms with E-state index in [4.69, 9.17) is 11.6 Å². The van der Waals surface area contributed by atoms with Crippen molar-refractivity contribution >= 4 is 33.6 Å². The molecule has 2 rings (SSSR count). The second kappa shape index (κ2) is 5.80. The van der Waals surface area contributed by atoms with Gasteiger partial charge in [-0.15, -0.1) is 0 Å². The molecule has 8 heteroatoms. The highest BCUT2D eigenvalue weighted by Gasteiger charge is 2.28. The topological polar surface area (TPSA) is 83.6 Å². The van der Waals surface area contributed by atoms with Gasteiger partial charge in [0.05, 0.1) is 4.90 Å². The second-order valence-corrected chi connectivity index (χ2v) is 6.49. The molecule has 0 aromatic heterocycles. The standard InChI is InChI=1S/C12H13ClN2O4S/c13-9-4-6-10(7-5-9)20(18,19)14-12(17)15-8-2-1-3-11(15)16/h4-7H,1-3,8H2,(H,14,17). The first-order valence-electron chi connectivity index (χ1n) is 6.03. The number of carbonyl (C=O) groups excluding carboxylic acids is 2. The average Bonchev–Trinajstić information content (AvgIpc) is 2.39. The van der Waals surface area contributed by atoms with E-state index in [0.717, 1.165) is 4.90 Å². The first kappa shape index (κ1) is 14.8. The van der Waals surface area contributed by atoms with E-state index in [9.17, 15) is 18.0 Å². The fraction of sp³-hybridized carbons (Fsp3) is 0.333. The molecule has 0 aliphatic carbocycles. The second-order valence-electron chi connectivity index (χ2n) is 4.37. The summed E-state index contributed by atoms with van der Waals surface area (Å²) in [4.78, 5) is 24.3. The van der Waals surface area contributed by atoms with Crippen LogP contribution in [0.15, 0.2) is 29.2 Å². The molecule has 0 radical (unpaired) electrons. The minimum atomic E-state index is -4.00. The summed E-state index contributed by atoms with van der Waals surface area (Å²) in [7, 11) is -4.00. The van der Waals surface area contributed by atoms with Crippen molar-refractivity contribution in [1.82, 2.24) is 9.62 Å². The molecular formula is C12H13ClN2O4S. The predicted octanol–water partition coefficient (Wildman–Crippen LogP) is 1.75. The molecule has 0 unspecified atom stereocenters. The maximum Gasteiger partial charge on any atom is 0.337 e. The molecule has 0 saturated carbocycles. The number of likely N-dealkylation sites (tertiary alicyclic amines) is 1. The number of piperidine rings is 1. The van der Waals surface area contributed by atoms with Gasteiger partial charge in [0.25, 0.3) is 10.0 Å². The van der Waals surface area contributed by atoms with E-state index in [1.807, 2.05) is 4.72 Å². The summed E-state index contributed by atoms with van der Waals surface area (Å²) in [6.07, 6.45) is 1.65. The van der Waals surface area contributed by atoms with Crippen molar-refractivity contribution in [1.29, 1.82) is 0 Å². The van der Waals surface area contributed by atoms with Gasteiger partial charge in [-0.25, -0.2) is 17.9 Å². The molecule has 0 spiro atoms. The number of nitrogens with zero attached hydrogens (tertiary/aromatic N) is 1. The Hall–Kier alpha value is -1.60. The van der Waals surface area contributed by atoms with Crippen LogP contribution in [0.25, 0.3) is 0 Å². The number of nitrogens with one attached hydrogen (secondary N) is 1. The lowest BCUT2D eigenvalue weighted by Crippen LogP contribution is -2.47. The quantitative estimate of drug-likeness (QED) is 0.901. The van der Waals surface area contributed by atoms with Crippen LogP contribution in [0.4, 0.5) is 4.79 Å². The van der Waals surface area contributed by atoms with Crippen LogP contribution in [-0.4, -0.2) is 31.8 Å². The lowest BCUT2D eigenvalue weighted by atomic mass is 10.1. The lowest BCUT2D eigenvalue weighted by Gasteiger charge is -2.24. The van der Waals surface area contributed by atoms with Gasteiger partial charge in [0.1, 0.15) is 0 Å². The van der Waals surface area contributed by atoms with Gasteiger partial charge in [-0.05, 0) is 37.1 Å². The Morgan fingerprint density at radius 3 is 2.45 bits per heavy atom. The Bertz CT molecular complexity index is 627. The molecule has 1 fully saturated rings. The van der Waals surface area contributed by atoms with E-state index in [0.29, 0.717) is 17.9 Å². The van der Waals surface area contributed by atoms with Crippen molar-refractivity contribution < 1.29 is 18.0 Å². The molecule has 1 heterocycles. The number of sulfonamides is 1. The molecule has 1 N–H and O–H groups in total. The molecule has 6 nitrogen and oxygen atoms in total. The van der Waals surface area contributed by atoms with Crippen molar-refractivity contribution in [3.63, 3.8) is 0 Å². The fourth-order valence-corrected chi connectivity index (χ4v) is 2.94. The summed E-state index contributed by atoms with van der Waals surface area (Å²) in [5.41, 5.74) is 0. The molecule has 108 valence electrons. The van der Waals surface area contributed by atoms with E-state index in [2.05, 4.69) is 0 Å². The van der Waals surface area contributed by atoms with E-state index < -0.39 is 16.1 Å². The third-order valence-corrected chi connectivity index (χ3v) is 4.50. The minimum absolute atomic E-state index is 0.0836. The van der Waals surface area contributed by atoms with Gasteiger partial charge in [0.15, 0.2) is 0 Å². The van der Waals surface area contributed by atoms with Gasteiger partial charge in [-0.1, -0.05) is 11.6 Å². The van der Waals surface area contributed by atoms with Gasteiger partial charge < -0.3 is 0 Å². The maximum absolute atomic E-state index is 12.0. The Kier molecular flexibility index (Phi) is 4.29. The zero-order valence-electron chi connectivity index (χ0n) is 10.5. The number of imide groups is 1. The van der Waals surface area contributed by atoms with Crippen LogP contribution in [0.3, 0.4) is 0 Å². The maximum atomic E-state index is 12.0. The molecule has 20 heavy (non-hydrogen) atoms. The molecule has 1 aliphatic heterocycles. The third-order valence-electron chi connectivity index (χ3n) is 2.91. The zero-order valence-corrected chi connectivity index (χ0v) is 12.1. The van der Waals surface area contributed by atoms with Crippen molar-refractivity contribution in [2.24, 2.45) is 0 Å². The number of hydrogen-bond acceptors (Lipinski definition) is 4.